The molecule has 0 fully saturated rings. The van der Waals surface area contributed by atoms with Crippen LogP contribution in [-0.2, 0) is 19.9 Å². The van der Waals surface area contributed by atoms with Crippen molar-refractivity contribution in [3.05, 3.63) is 18.3 Å². The minimum atomic E-state index is -3.80. The van der Waals surface area contributed by atoms with Crippen molar-refractivity contribution >= 4 is 19.9 Å². The van der Waals surface area contributed by atoms with E-state index in [4.69, 9.17) is 5.11 Å². The zero-order valence-electron chi connectivity index (χ0n) is 10.8. The molecule has 9 heteroatoms. The number of rotatable bonds is 5. The van der Waals surface area contributed by atoms with Gasteiger partial charge in [-0.15, -0.1) is 0 Å². The molecule has 1 heterocycles. The van der Waals surface area contributed by atoms with E-state index in [-0.39, 0.29) is 16.5 Å². The first-order valence-electron chi connectivity index (χ1n) is 5.35. The lowest BCUT2D eigenvalue weighted by Gasteiger charge is -2.22. The second-order valence-corrected chi connectivity index (χ2v) is 8.12. The fourth-order valence-electron chi connectivity index (χ4n) is 1.26. The molecule has 0 bridgehead atoms. The molecule has 1 aromatic heterocycles. The highest BCUT2D eigenvalue weighted by molar-refractivity contribution is 7.90. The van der Waals surface area contributed by atoms with Crippen LogP contribution in [0, 0.1) is 0 Å². The zero-order valence-corrected chi connectivity index (χ0v) is 12.4. The number of aliphatic hydroxyl groups excluding tert-OH is 1. The van der Waals surface area contributed by atoms with Crippen LogP contribution in [0.4, 0.5) is 0 Å². The highest BCUT2D eigenvalue weighted by Gasteiger charge is 2.25. The molecule has 0 amide bonds. The van der Waals surface area contributed by atoms with Gasteiger partial charge < -0.3 is 5.11 Å². The molecule has 0 saturated carbocycles. The van der Waals surface area contributed by atoms with Gasteiger partial charge in [0.2, 0.25) is 10.0 Å². The Morgan fingerprint density at radius 2 is 1.89 bits per heavy atom. The van der Waals surface area contributed by atoms with E-state index >= 15 is 0 Å². The SMILES string of the molecule is C[C@H](CO)N(C)S(=O)(=O)c1ccc(S(C)(=O)=O)nc1. The van der Waals surface area contributed by atoms with Crippen LogP contribution in [0.1, 0.15) is 6.92 Å². The van der Waals surface area contributed by atoms with Crippen molar-refractivity contribution in [3.8, 4) is 0 Å². The van der Waals surface area contributed by atoms with Crippen LogP contribution in [0.25, 0.3) is 0 Å². The second kappa shape index (κ2) is 5.53. The van der Waals surface area contributed by atoms with Crippen molar-refractivity contribution in [1.29, 1.82) is 0 Å². The Labute approximate surface area is 112 Å². The van der Waals surface area contributed by atoms with E-state index in [1.54, 1.807) is 6.92 Å². The maximum atomic E-state index is 12.1. The van der Waals surface area contributed by atoms with Crippen LogP contribution >= 0.6 is 0 Å². The summed E-state index contributed by atoms with van der Waals surface area (Å²) in [5.74, 6) is 0. The first-order valence-corrected chi connectivity index (χ1v) is 8.69. The summed E-state index contributed by atoms with van der Waals surface area (Å²) >= 11 is 0. The average molecular weight is 308 g/mol. The lowest BCUT2D eigenvalue weighted by atomic mass is 10.4. The lowest BCUT2D eigenvalue weighted by Crippen LogP contribution is -2.37. The molecule has 108 valence electrons. The molecule has 19 heavy (non-hydrogen) atoms. The van der Waals surface area contributed by atoms with E-state index in [2.05, 4.69) is 4.98 Å². The Morgan fingerprint density at radius 1 is 1.32 bits per heavy atom. The van der Waals surface area contributed by atoms with Crippen molar-refractivity contribution in [1.82, 2.24) is 9.29 Å². The van der Waals surface area contributed by atoms with Crippen molar-refractivity contribution in [2.45, 2.75) is 22.9 Å². The number of nitrogens with zero attached hydrogens (tertiary/aromatic N) is 2. The third-order valence-electron chi connectivity index (χ3n) is 2.65. The number of sulfone groups is 1. The van der Waals surface area contributed by atoms with Crippen LogP contribution in [0.5, 0.6) is 0 Å². The Bertz CT molecular complexity index is 637. The summed E-state index contributed by atoms with van der Waals surface area (Å²) < 4.78 is 47.7. The van der Waals surface area contributed by atoms with E-state index in [1.807, 2.05) is 0 Å². The van der Waals surface area contributed by atoms with Crippen molar-refractivity contribution in [2.75, 3.05) is 19.9 Å². The van der Waals surface area contributed by atoms with Crippen LogP contribution in [0.2, 0.25) is 0 Å². The normalized spacial score (nSPS) is 14.6. The topological polar surface area (TPSA) is 105 Å². The van der Waals surface area contributed by atoms with Crippen LogP contribution in [0.3, 0.4) is 0 Å². The molecular weight excluding hydrogens is 292 g/mol. The zero-order chi connectivity index (χ0) is 14.8. The van der Waals surface area contributed by atoms with Crippen molar-refractivity contribution in [2.24, 2.45) is 0 Å². The molecule has 0 unspecified atom stereocenters. The smallest absolute Gasteiger partial charge is 0.244 e. The van der Waals surface area contributed by atoms with E-state index in [0.29, 0.717) is 0 Å². The summed E-state index contributed by atoms with van der Waals surface area (Å²) in [5.41, 5.74) is 0. The summed E-state index contributed by atoms with van der Waals surface area (Å²) in [4.78, 5) is 3.51. The second-order valence-electron chi connectivity index (χ2n) is 4.16. The molecule has 1 aromatic rings. The van der Waals surface area contributed by atoms with E-state index < -0.39 is 25.9 Å². The first-order chi connectivity index (χ1) is 8.60. The van der Waals surface area contributed by atoms with E-state index in [0.717, 1.165) is 22.8 Å². The predicted octanol–water partition coefficient (Wildman–Crippen LogP) is -0.514. The van der Waals surface area contributed by atoms with Crippen LogP contribution in [0.15, 0.2) is 28.3 Å². The number of hydrogen-bond donors (Lipinski definition) is 1. The molecule has 0 aliphatic rings. The maximum Gasteiger partial charge on any atom is 0.244 e. The fourth-order valence-corrected chi connectivity index (χ4v) is 3.12. The largest absolute Gasteiger partial charge is 0.395 e. The molecule has 7 nitrogen and oxygen atoms in total. The Morgan fingerprint density at radius 3 is 2.26 bits per heavy atom. The number of pyridine rings is 1. The van der Waals surface area contributed by atoms with Gasteiger partial charge in [0.1, 0.15) is 4.90 Å². The van der Waals surface area contributed by atoms with Gasteiger partial charge in [0.05, 0.1) is 6.61 Å². The van der Waals surface area contributed by atoms with Gasteiger partial charge in [0, 0.05) is 25.5 Å². The van der Waals surface area contributed by atoms with Crippen molar-refractivity contribution in [3.63, 3.8) is 0 Å². The third kappa shape index (κ3) is 3.50. The third-order valence-corrected chi connectivity index (χ3v) is 5.61. The van der Waals surface area contributed by atoms with E-state index in [1.165, 1.54) is 13.1 Å². The molecule has 1 atom stereocenters. The number of aliphatic hydroxyl groups is 1. The molecule has 1 N–H and O–H groups in total. The van der Waals surface area contributed by atoms with Gasteiger partial charge in [-0.1, -0.05) is 0 Å². The minimum Gasteiger partial charge on any atom is -0.395 e. The quantitative estimate of drug-likeness (QED) is 0.785. The van der Waals surface area contributed by atoms with Gasteiger partial charge in [-0.05, 0) is 19.1 Å². The summed E-state index contributed by atoms with van der Waals surface area (Å²) in [5, 5.41) is 8.77. The Kier molecular flexibility index (Phi) is 4.67. The summed E-state index contributed by atoms with van der Waals surface area (Å²) in [7, 11) is -5.93. The van der Waals surface area contributed by atoms with Crippen LogP contribution < -0.4 is 0 Å². The average Bonchev–Trinajstić information content (AvgIpc) is 2.36. The molecule has 0 aromatic carbocycles. The molecule has 0 saturated heterocycles. The van der Waals surface area contributed by atoms with Gasteiger partial charge in [-0.25, -0.2) is 21.8 Å². The number of hydrogen-bond acceptors (Lipinski definition) is 6. The molecule has 0 radical (unpaired) electrons. The summed E-state index contributed by atoms with van der Waals surface area (Å²) in [6, 6.07) is 1.73. The first kappa shape index (κ1) is 16.0. The number of sulfonamides is 1. The van der Waals surface area contributed by atoms with Crippen LogP contribution in [-0.4, -0.2) is 57.2 Å². The Balaban J connectivity index is 3.18. The number of aromatic nitrogens is 1. The van der Waals surface area contributed by atoms with Gasteiger partial charge in [-0.3, -0.25) is 0 Å². The summed E-state index contributed by atoms with van der Waals surface area (Å²) in [6.45, 7) is 1.24. The number of likely N-dealkylation sites (N-methyl/N-ethyl adjacent to an activating group) is 1. The van der Waals surface area contributed by atoms with Gasteiger partial charge in [-0.2, -0.15) is 4.31 Å². The highest BCUT2D eigenvalue weighted by Crippen LogP contribution is 2.17. The highest BCUT2D eigenvalue weighted by atomic mass is 32.2. The van der Waals surface area contributed by atoms with E-state index in [9.17, 15) is 16.8 Å². The molecule has 0 aliphatic heterocycles. The van der Waals surface area contributed by atoms with Gasteiger partial charge in [0.25, 0.3) is 0 Å². The van der Waals surface area contributed by atoms with Gasteiger partial charge in [0.15, 0.2) is 14.9 Å². The van der Waals surface area contributed by atoms with Crippen molar-refractivity contribution < 1.29 is 21.9 Å². The standard InChI is InChI=1S/C10H16N2O5S2/c1-8(7-13)12(2)19(16,17)9-4-5-10(11-6-9)18(3,14)15/h4-6,8,13H,7H2,1-3H3/t8-/m1/s1. The Hall–Kier alpha value is -1.03. The minimum absolute atomic E-state index is 0.122. The molecule has 0 aliphatic carbocycles. The fraction of sp³-hybridized carbons (Fsp3) is 0.500. The monoisotopic (exact) mass is 308 g/mol. The molecule has 0 spiro atoms. The molecular formula is C10H16N2O5S2. The van der Waals surface area contributed by atoms with Gasteiger partial charge >= 0.3 is 0 Å². The summed E-state index contributed by atoms with van der Waals surface area (Å²) in [6.07, 6.45) is 1.98. The predicted molar refractivity (Wildman–Crippen MR) is 68.8 cm³/mol. The lowest BCUT2D eigenvalue weighted by molar-refractivity contribution is 0.214. The maximum absolute atomic E-state index is 12.1. The molecule has 1 rings (SSSR count).